The number of ether oxygens (including phenoxy) is 1. The predicted octanol–water partition coefficient (Wildman–Crippen LogP) is 3.95. The molecule has 0 bridgehead atoms. The van der Waals surface area contributed by atoms with Gasteiger partial charge in [-0.3, -0.25) is 9.59 Å². The van der Waals surface area contributed by atoms with Crippen LogP contribution in [-0.2, 0) is 0 Å². The van der Waals surface area contributed by atoms with Gasteiger partial charge in [0.1, 0.15) is 35.7 Å². The molecule has 1 amide bonds. The molecule has 3 aromatic rings. The summed E-state index contributed by atoms with van der Waals surface area (Å²) in [4.78, 5) is 27.4. The van der Waals surface area contributed by atoms with Gasteiger partial charge in [-0.2, -0.15) is 4.79 Å². The minimum absolute atomic E-state index is 0.0207. The Hall–Kier alpha value is -2.79. The number of carbonyl (C=O) groups excluding carboxylic acids is 1. The Balaban J connectivity index is 1.30. The van der Waals surface area contributed by atoms with Crippen molar-refractivity contribution in [2.24, 2.45) is 0 Å². The van der Waals surface area contributed by atoms with Gasteiger partial charge in [-0.1, -0.05) is 27.7 Å². The number of likely N-dealkylation sites (tertiary alicyclic amines) is 1. The molecule has 0 aliphatic carbocycles. The molecule has 12 heteroatoms. The number of carbonyl (C=O) groups is 1. The number of pyridine rings is 1. The third-order valence-electron chi connectivity index (χ3n) is 5.97. The summed E-state index contributed by atoms with van der Waals surface area (Å²) < 4.78 is 47.1. The quantitative estimate of drug-likeness (QED) is 0.471. The van der Waals surface area contributed by atoms with Crippen LogP contribution in [0.15, 0.2) is 41.3 Å². The second-order valence-electron chi connectivity index (χ2n) is 8.56. The lowest BCUT2D eigenvalue weighted by Gasteiger charge is -2.33. The lowest BCUT2D eigenvalue weighted by atomic mass is 10.0. The van der Waals surface area contributed by atoms with Gasteiger partial charge in [0.15, 0.2) is 0 Å². The average Bonchev–Trinajstić information content (AvgIpc) is 2.84. The van der Waals surface area contributed by atoms with Crippen LogP contribution < -0.4 is 15.5 Å². The van der Waals surface area contributed by atoms with Crippen LogP contribution in [0.5, 0.6) is 5.75 Å². The summed E-state index contributed by atoms with van der Waals surface area (Å²) in [5.74, 6) is -2.01. The van der Waals surface area contributed by atoms with Crippen molar-refractivity contribution >= 4 is 40.0 Å². The van der Waals surface area contributed by atoms with Crippen LogP contribution in [-0.4, -0.2) is 59.1 Å². The number of β-amino-alcohol motifs (C(OH)–C–C–N with tert-alkyl or cyclic N) is 1. The standard InChI is InChI=1S/C24H22Cl2F3N3O4/c25-18-2-1-15(7-20(18)27)36-12-14(33)10-31-5-3-13(4-6-31)30-24(35)17-11-32(29)22-9-19(26)21(28)8-16(22)23(17)34/h1-2,7-9,11,13-14,33H,3-6,10,12H2,(H,30,35). The molecule has 1 aliphatic rings. The number of aliphatic hydroxyl groups excluding tert-OH is 1. The van der Waals surface area contributed by atoms with E-state index in [-0.39, 0.29) is 44.1 Å². The Labute approximate surface area is 213 Å². The van der Waals surface area contributed by atoms with Crippen molar-refractivity contribution in [3.63, 3.8) is 0 Å². The first-order valence-corrected chi connectivity index (χ1v) is 11.9. The second-order valence-corrected chi connectivity index (χ2v) is 9.37. The molecule has 0 saturated carbocycles. The zero-order valence-electron chi connectivity index (χ0n) is 18.8. The number of amides is 1. The van der Waals surface area contributed by atoms with E-state index < -0.39 is 34.6 Å². The van der Waals surface area contributed by atoms with E-state index in [9.17, 15) is 28.0 Å². The fourth-order valence-electron chi connectivity index (χ4n) is 4.08. The molecule has 192 valence electrons. The first-order valence-electron chi connectivity index (χ1n) is 11.1. The molecule has 1 atom stereocenters. The number of aliphatic hydroxyl groups is 1. The van der Waals surface area contributed by atoms with E-state index in [1.165, 1.54) is 12.1 Å². The van der Waals surface area contributed by atoms with Crippen molar-refractivity contribution in [1.82, 2.24) is 15.0 Å². The summed E-state index contributed by atoms with van der Waals surface area (Å²) in [5, 5.41) is 12.3. The third-order valence-corrected chi connectivity index (χ3v) is 6.57. The zero-order valence-corrected chi connectivity index (χ0v) is 20.3. The smallest absolute Gasteiger partial charge is 0.257 e. The summed E-state index contributed by atoms with van der Waals surface area (Å²) in [5.41, 5.74) is -1.48. The maximum atomic E-state index is 14.4. The van der Waals surface area contributed by atoms with Crippen molar-refractivity contribution in [2.45, 2.75) is 25.0 Å². The van der Waals surface area contributed by atoms with Crippen molar-refractivity contribution < 1.29 is 27.9 Å². The van der Waals surface area contributed by atoms with Crippen molar-refractivity contribution in [1.29, 1.82) is 0 Å². The Morgan fingerprint density at radius 3 is 2.53 bits per heavy atom. The first-order chi connectivity index (χ1) is 17.1. The molecule has 1 fully saturated rings. The van der Waals surface area contributed by atoms with Gasteiger partial charge in [0.25, 0.3) is 5.91 Å². The Morgan fingerprint density at radius 2 is 1.83 bits per heavy atom. The summed E-state index contributed by atoms with van der Waals surface area (Å²) in [7, 11) is 0. The van der Waals surface area contributed by atoms with Crippen LogP contribution in [0.3, 0.4) is 0 Å². The van der Waals surface area contributed by atoms with Gasteiger partial charge < -0.3 is 20.1 Å². The number of fused-ring (bicyclic) bond motifs is 1. The molecule has 4 rings (SSSR count). The van der Waals surface area contributed by atoms with Crippen molar-refractivity contribution in [3.8, 4) is 5.75 Å². The molecule has 7 nitrogen and oxygen atoms in total. The molecule has 2 aromatic carbocycles. The summed E-state index contributed by atoms with van der Waals surface area (Å²) in [6, 6.07) is 5.53. The highest BCUT2D eigenvalue weighted by molar-refractivity contribution is 6.31. The van der Waals surface area contributed by atoms with Crippen molar-refractivity contribution in [3.05, 3.63) is 74.0 Å². The molecule has 1 saturated heterocycles. The molecule has 1 unspecified atom stereocenters. The molecular weight excluding hydrogens is 522 g/mol. The van der Waals surface area contributed by atoms with Crippen LogP contribution in [0.1, 0.15) is 23.2 Å². The Bertz CT molecular complexity index is 1350. The molecule has 0 spiro atoms. The van der Waals surface area contributed by atoms with E-state index in [0.29, 0.717) is 32.5 Å². The van der Waals surface area contributed by atoms with Crippen LogP contribution in [0.4, 0.5) is 13.3 Å². The van der Waals surface area contributed by atoms with E-state index in [4.69, 9.17) is 27.9 Å². The van der Waals surface area contributed by atoms with Gasteiger partial charge in [0, 0.05) is 31.7 Å². The SMILES string of the molecule is O=C(NC1CCN(CC(O)COc2ccc(Cl)c(F)c2)CC1)c1cn(F)c2cc(Cl)c(F)cc2c1=O. The average molecular weight is 544 g/mol. The van der Waals surface area contributed by atoms with Gasteiger partial charge in [-0.25, -0.2) is 8.78 Å². The van der Waals surface area contributed by atoms with Crippen LogP contribution in [0, 0.1) is 11.6 Å². The molecule has 0 radical (unpaired) electrons. The zero-order chi connectivity index (χ0) is 26.0. The van der Waals surface area contributed by atoms with Crippen LogP contribution in [0.2, 0.25) is 10.0 Å². The van der Waals surface area contributed by atoms with Gasteiger partial charge in [0.05, 0.1) is 27.1 Å². The topological polar surface area (TPSA) is 83.8 Å². The highest BCUT2D eigenvalue weighted by Gasteiger charge is 2.25. The number of halogens is 5. The van der Waals surface area contributed by atoms with E-state index in [1.807, 2.05) is 4.90 Å². The highest BCUT2D eigenvalue weighted by atomic mass is 35.5. The minimum atomic E-state index is -0.890. The number of benzene rings is 2. The molecular formula is C24H22Cl2F3N3O4. The number of nitrogens with one attached hydrogen (secondary N) is 1. The van der Waals surface area contributed by atoms with E-state index in [1.54, 1.807) is 0 Å². The third kappa shape index (κ3) is 5.95. The molecule has 2 heterocycles. The van der Waals surface area contributed by atoms with Gasteiger partial charge >= 0.3 is 0 Å². The monoisotopic (exact) mass is 543 g/mol. The lowest BCUT2D eigenvalue weighted by Crippen LogP contribution is -2.47. The maximum absolute atomic E-state index is 14.4. The first kappa shape index (κ1) is 26.3. The molecule has 1 aliphatic heterocycles. The number of nitrogens with zero attached hydrogens (tertiary/aromatic N) is 2. The summed E-state index contributed by atoms with van der Waals surface area (Å²) in [6.07, 6.45) is 0.989. The number of aromatic nitrogens is 1. The second kappa shape index (κ2) is 11.1. The summed E-state index contributed by atoms with van der Waals surface area (Å²) >= 11 is 11.3. The number of piperidine rings is 1. The normalized spacial score (nSPS) is 15.7. The van der Waals surface area contributed by atoms with E-state index in [2.05, 4.69) is 5.32 Å². The van der Waals surface area contributed by atoms with Gasteiger partial charge in [-0.05, 0) is 37.1 Å². The molecule has 2 N–H and O–H groups in total. The summed E-state index contributed by atoms with van der Waals surface area (Å²) in [6.45, 7) is 1.36. The maximum Gasteiger partial charge on any atom is 0.257 e. The van der Waals surface area contributed by atoms with Gasteiger partial charge in [-0.15, -0.1) is 0 Å². The minimum Gasteiger partial charge on any atom is -0.491 e. The fraction of sp³-hybridized carbons (Fsp3) is 0.333. The number of rotatable bonds is 7. The lowest BCUT2D eigenvalue weighted by molar-refractivity contribution is 0.0567. The predicted molar refractivity (Wildman–Crippen MR) is 130 cm³/mol. The number of hydrogen-bond acceptors (Lipinski definition) is 5. The molecule has 36 heavy (non-hydrogen) atoms. The van der Waals surface area contributed by atoms with E-state index >= 15 is 0 Å². The van der Waals surface area contributed by atoms with Crippen LogP contribution in [0.25, 0.3) is 10.9 Å². The molecule has 1 aromatic heterocycles. The van der Waals surface area contributed by atoms with Crippen molar-refractivity contribution in [2.75, 3.05) is 26.2 Å². The number of hydrogen-bond donors (Lipinski definition) is 2. The fourth-order valence-corrected chi connectivity index (χ4v) is 4.35. The van der Waals surface area contributed by atoms with Crippen LogP contribution >= 0.6 is 23.2 Å². The highest BCUT2D eigenvalue weighted by Crippen LogP contribution is 2.22. The van der Waals surface area contributed by atoms with E-state index in [0.717, 1.165) is 24.4 Å². The largest absolute Gasteiger partial charge is 0.491 e. The Morgan fingerprint density at radius 1 is 1.14 bits per heavy atom. The van der Waals surface area contributed by atoms with Gasteiger partial charge in [0.2, 0.25) is 5.43 Å². The Kier molecular flexibility index (Phi) is 8.09.